The average molecular weight is 294 g/mol. The molecule has 1 aromatic heterocycles. The highest BCUT2D eigenvalue weighted by molar-refractivity contribution is 5.93. The lowest BCUT2D eigenvalue weighted by atomic mass is 10.2. The molecule has 1 aromatic rings. The quantitative estimate of drug-likeness (QED) is 0.752. The van der Waals surface area contributed by atoms with Gasteiger partial charge in [0, 0.05) is 44.6 Å². The van der Waals surface area contributed by atoms with Crippen LogP contribution >= 0.6 is 0 Å². The third-order valence-corrected chi connectivity index (χ3v) is 3.45. The number of amides is 1. The molecule has 116 valence electrons. The minimum Gasteiger partial charge on any atom is -0.379 e. The van der Waals surface area contributed by atoms with Crippen LogP contribution in [0.3, 0.4) is 0 Å². The Morgan fingerprint density at radius 1 is 1.57 bits per heavy atom. The topological polar surface area (TPSA) is 69.6 Å². The van der Waals surface area contributed by atoms with E-state index in [2.05, 4.69) is 5.32 Å². The summed E-state index contributed by atoms with van der Waals surface area (Å²) in [7, 11) is 1.65. The maximum absolute atomic E-state index is 11.8. The van der Waals surface area contributed by atoms with Gasteiger partial charge in [-0.15, -0.1) is 0 Å². The zero-order chi connectivity index (χ0) is 15.1. The minimum absolute atomic E-state index is 0.192. The molecular weight excluding hydrogens is 272 g/mol. The first-order valence-electron chi connectivity index (χ1n) is 7.31. The summed E-state index contributed by atoms with van der Waals surface area (Å²) in [6.45, 7) is 2.58. The number of carbonyl (C=O) groups excluding carboxylic acids is 1. The predicted octanol–water partition coefficient (Wildman–Crippen LogP) is 0.701. The van der Waals surface area contributed by atoms with Crippen molar-refractivity contribution < 1.29 is 14.3 Å². The van der Waals surface area contributed by atoms with Gasteiger partial charge in [-0.25, -0.2) is 0 Å². The van der Waals surface area contributed by atoms with Crippen molar-refractivity contribution in [2.75, 3.05) is 26.4 Å². The van der Waals surface area contributed by atoms with Crippen molar-refractivity contribution in [2.24, 2.45) is 7.05 Å². The summed E-state index contributed by atoms with van der Waals surface area (Å²) in [6, 6.07) is 2.97. The van der Waals surface area contributed by atoms with Gasteiger partial charge in [-0.2, -0.15) is 0 Å². The number of hydrogen-bond acceptors (Lipinski definition) is 4. The molecule has 1 N–H and O–H groups in total. The standard InChI is InChI=1S/C15H22N2O4/c1-17-7-5-12(10-14(17)18)15(19)16-6-3-8-20-11-13-4-2-9-21-13/h5,7,10,13H,2-4,6,8-9,11H2,1H3,(H,16,19). The third kappa shape index (κ3) is 4.99. The molecule has 0 aromatic carbocycles. The largest absolute Gasteiger partial charge is 0.379 e. The van der Waals surface area contributed by atoms with Crippen LogP contribution in [-0.2, 0) is 16.5 Å². The first-order valence-corrected chi connectivity index (χ1v) is 7.31. The number of rotatable bonds is 7. The van der Waals surface area contributed by atoms with Crippen LogP contribution in [0.1, 0.15) is 29.6 Å². The van der Waals surface area contributed by atoms with E-state index in [0.717, 1.165) is 25.9 Å². The summed E-state index contributed by atoms with van der Waals surface area (Å²) in [5, 5.41) is 2.78. The van der Waals surface area contributed by atoms with Crippen molar-refractivity contribution in [3.05, 3.63) is 34.2 Å². The molecular formula is C15H22N2O4. The fourth-order valence-electron chi connectivity index (χ4n) is 2.16. The fourth-order valence-corrected chi connectivity index (χ4v) is 2.16. The monoisotopic (exact) mass is 294 g/mol. The molecule has 0 bridgehead atoms. The minimum atomic E-state index is -0.230. The maximum atomic E-state index is 11.8. The Kier molecular flexibility index (Phi) is 5.95. The number of hydrogen-bond donors (Lipinski definition) is 1. The van der Waals surface area contributed by atoms with E-state index in [1.807, 2.05) is 0 Å². The van der Waals surface area contributed by atoms with E-state index in [1.54, 1.807) is 19.3 Å². The number of carbonyl (C=O) groups is 1. The molecule has 1 atom stereocenters. The van der Waals surface area contributed by atoms with Crippen LogP contribution in [-0.4, -0.2) is 42.9 Å². The summed E-state index contributed by atoms with van der Waals surface area (Å²) in [5.74, 6) is -0.230. The molecule has 0 aliphatic carbocycles. The van der Waals surface area contributed by atoms with Crippen molar-refractivity contribution in [3.63, 3.8) is 0 Å². The van der Waals surface area contributed by atoms with E-state index >= 15 is 0 Å². The van der Waals surface area contributed by atoms with Crippen molar-refractivity contribution in [1.82, 2.24) is 9.88 Å². The van der Waals surface area contributed by atoms with Gasteiger partial charge >= 0.3 is 0 Å². The Morgan fingerprint density at radius 2 is 2.43 bits per heavy atom. The molecule has 0 spiro atoms. The van der Waals surface area contributed by atoms with Gasteiger partial charge < -0.3 is 19.4 Å². The van der Waals surface area contributed by atoms with Crippen LogP contribution in [0, 0.1) is 0 Å². The molecule has 1 saturated heterocycles. The van der Waals surface area contributed by atoms with Crippen LogP contribution in [0.25, 0.3) is 0 Å². The molecule has 1 aliphatic heterocycles. The molecule has 1 aliphatic rings. The van der Waals surface area contributed by atoms with Gasteiger partial charge in [-0.3, -0.25) is 9.59 Å². The highest BCUT2D eigenvalue weighted by Crippen LogP contribution is 2.11. The van der Waals surface area contributed by atoms with E-state index < -0.39 is 0 Å². The predicted molar refractivity (Wildman–Crippen MR) is 78.4 cm³/mol. The van der Waals surface area contributed by atoms with E-state index in [0.29, 0.717) is 25.3 Å². The van der Waals surface area contributed by atoms with Crippen LogP contribution < -0.4 is 10.9 Å². The maximum Gasteiger partial charge on any atom is 0.251 e. The Balaban J connectivity index is 1.60. The summed E-state index contributed by atoms with van der Waals surface area (Å²) < 4.78 is 12.4. The highest BCUT2D eigenvalue weighted by atomic mass is 16.5. The Morgan fingerprint density at radius 3 is 3.14 bits per heavy atom. The second kappa shape index (κ2) is 7.95. The number of aryl methyl sites for hydroxylation is 1. The first-order chi connectivity index (χ1) is 10.2. The second-order valence-corrected chi connectivity index (χ2v) is 5.18. The average Bonchev–Trinajstić information content (AvgIpc) is 2.98. The number of ether oxygens (including phenoxy) is 2. The number of aromatic nitrogens is 1. The molecule has 6 heteroatoms. The molecule has 2 heterocycles. The Hall–Kier alpha value is -1.66. The van der Waals surface area contributed by atoms with E-state index in [9.17, 15) is 9.59 Å². The van der Waals surface area contributed by atoms with Gasteiger partial charge in [0.2, 0.25) is 0 Å². The van der Waals surface area contributed by atoms with Gasteiger partial charge in [0.25, 0.3) is 11.5 Å². The first kappa shape index (κ1) is 15.7. The number of nitrogens with zero attached hydrogens (tertiary/aromatic N) is 1. The third-order valence-electron chi connectivity index (χ3n) is 3.45. The van der Waals surface area contributed by atoms with Crippen LogP contribution in [0.2, 0.25) is 0 Å². The molecule has 1 fully saturated rings. The van der Waals surface area contributed by atoms with Gasteiger partial charge in [0.1, 0.15) is 0 Å². The zero-order valence-corrected chi connectivity index (χ0v) is 12.3. The fraction of sp³-hybridized carbons (Fsp3) is 0.600. The van der Waals surface area contributed by atoms with E-state index in [1.165, 1.54) is 10.6 Å². The summed E-state index contributed by atoms with van der Waals surface area (Å²) in [5.41, 5.74) is 0.195. The molecule has 21 heavy (non-hydrogen) atoms. The molecule has 1 amide bonds. The van der Waals surface area contributed by atoms with E-state index in [-0.39, 0.29) is 17.6 Å². The van der Waals surface area contributed by atoms with Crippen molar-refractivity contribution in [2.45, 2.75) is 25.4 Å². The highest BCUT2D eigenvalue weighted by Gasteiger charge is 2.14. The second-order valence-electron chi connectivity index (χ2n) is 5.18. The van der Waals surface area contributed by atoms with Crippen molar-refractivity contribution in [1.29, 1.82) is 0 Å². The zero-order valence-electron chi connectivity index (χ0n) is 12.3. The Labute approximate surface area is 124 Å². The van der Waals surface area contributed by atoms with Crippen LogP contribution in [0.15, 0.2) is 23.1 Å². The van der Waals surface area contributed by atoms with Crippen molar-refractivity contribution >= 4 is 5.91 Å². The number of pyridine rings is 1. The molecule has 0 radical (unpaired) electrons. The van der Waals surface area contributed by atoms with E-state index in [4.69, 9.17) is 9.47 Å². The van der Waals surface area contributed by atoms with Gasteiger partial charge in [-0.1, -0.05) is 0 Å². The summed E-state index contributed by atoms with van der Waals surface area (Å²) >= 11 is 0. The van der Waals surface area contributed by atoms with Gasteiger partial charge in [-0.05, 0) is 25.3 Å². The normalized spacial score (nSPS) is 17.9. The lowest BCUT2D eigenvalue weighted by Gasteiger charge is -2.10. The van der Waals surface area contributed by atoms with Gasteiger partial charge in [0.05, 0.1) is 12.7 Å². The smallest absolute Gasteiger partial charge is 0.251 e. The molecule has 1 unspecified atom stereocenters. The molecule has 0 saturated carbocycles. The summed E-state index contributed by atoms with van der Waals surface area (Å²) in [6.07, 6.45) is 4.74. The SMILES string of the molecule is Cn1ccc(C(=O)NCCCOCC2CCCO2)cc1=O. The lowest BCUT2D eigenvalue weighted by molar-refractivity contribution is 0.0166. The van der Waals surface area contributed by atoms with Crippen LogP contribution in [0.5, 0.6) is 0 Å². The molecule has 2 rings (SSSR count). The molecule has 6 nitrogen and oxygen atoms in total. The lowest BCUT2D eigenvalue weighted by Crippen LogP contribution is -2.27. The number of nitrogens with one attached hydrogen (secondary N) is 1. The van der Waals surface area contributed by atoms with Crippen molar-refractivity contribution in [3.8, 4) is 0 Å². The summed E-state index contributed by atoms with van der Waals surface area (Å²) in [4.78, 5) is 23.3. The van der Waals surface area contributed by atoms with Gasteiger partial charge in [0.15, 0.2) is 0 Å². The Bertz CT molecular complexity index is 521. The van der Waals surface area contributed by atoms with Crippen LogP contribution in [0.4, 0.5) is 0 Å².